The third-order valence-electron chi connectivity index (χ3n) is 5.67. The molecule has 156 valence electrons. The number of carbonyl (C=O) groups is 1. The molecule has 7 heteroatoms. The Kier molecular flexibility index (Phi) is 5.10. The molecule has 2 N–H and O–H groups in total. The molecule has 0 bridgehead atoms. The summed E-state index contributed by atoms with van der Waals surface area (Å²) in [6, 6.07) is 11.3. The van der Waals surface area contributed by atoms with Crippen LogP contribution in [0.5, 0.6) is 5.75 Å². The Balaban J connectivity index is 2.09. The number of carbonyl (C=O) groups excluding carboxylic acids is 1. The lowest BCUT2D eigenvalue weighted by molar-refractivity contribution is 0.0230. The van der Waals surface area contributed by atoms with Crippen LogP contribution in [0.1, 0.15) is 42.3 Å². The Morgan fingerprint density at radius 3 is 2.53 bits per heavy atom. The number of aliphatic imine (C=N–C) groups is 1. The Hall–Kier alpha value is -2.80. The summed E-state index contributed by atoms with van der Waals surface area (Å²) >= 11 is 3.72. The van der Waals surface area contributed by atoms with Gasteiger partial charge >= 0.3 is 5.97 Å². The largest absolute Gasteiger partial charge is 0.440 e. The summed E-state index contributed by atoms with van der Waals surface area (Å²) in [4.78, 5) is 19.4. The molecule has 0 aromatic heterocycles. The average molecular weight is 470 g/mol. The zero-order chi connectivity index (χ0) is 21.6. The molecule has 2 heterocycles. The highest BCUT2D eigenvalue weighted by molar-refractivity contribution is 9.10. The fourth-order valence-corrected chi connectivity index (χ4v) is 4.95. The highest BCUT2D eigenvalue weighted by Gasteiger charge is 2.56. The lowest BCUT2D eigenvalue weighted by Gasteiger charge is -2.39. The fourth-order valence-electron chi connectivity index (χ4n) is 4.36. The van der Waals surface area contributed by atoms with Gasteiger partial charge in [0.25, 0.3) is 0 Å². The Labute approximate surface area is 184 Å². The minimum Gasteiger partial charge on any atom is -0.440 e. The predicted octanol–water partition coefficient (Wildman–Crippen LogP) is 4.36. The van der Waals surface area contributed by atoms with Gasteiger partial charge in [0.1, 0.15) is 5.75 Å². The average Bonchev–Trinajstić information content (AvgIpc) is 3.02. The number of allylic oxidation sites excluding steroid dienone is 1. The van der Waals surface area contributed by atoms with Crippen molar-refractivity contribution in [1.29, 1.82) is 0 Å². The van der Waals surface area contributed by atoms with Gasteiger partial charge in [-0.1, -0.05) is 18.2 Å². The zero-order valence-electron chi connectivity index (χ0n) is 17.5. The van der Waals surface area contributed by atoms with Crippen LogP contribution in [-0.4, -0.2) is 32.0 Å². The summed E-state index contributed by atoms with van der Waals surface area (Å²) in [5, 5.41) is 0. The van der Waals surface area contributed by atoms with Crippen molar-refractivity contribution >= 4 is 33.5 Å². The van der Waals surface area contributed by atoms with Crippen LogP contribution in [0.25, 0.3) is 0 Å². The summed E-state index contributed by atoms with van der Waals surface area (Å²) in [6.45, 7) is 7.66. The highest BCUT2D eigenvalue weighted by atomic mass is 79.9. The van der Waals surface area contributed by atoms with Gasteiger partial charge in [-0.05, 0) is 48.8 Å². The van der Waals surface area contributed by atoms with E-state index >= 15 is 0 Å². The summed E-state index contributed by atoms with van der Waals surface area (Å²) in [7, 11) is 1.64. The van der Waals surface area contributed by atoms with Crippen LogP contribution in [-0.2, 0) is 10.3 Å². The minimum absolute atomic E-state index is 0.347. The first-order chi connectivity index (χ1) is 14.4. The number of hydrogen-bond acceptors (Lipinski definition) is 6. The molecule has 2 aliphatic rings. The number of esters is 1. The Morgan fingerprint density at radius 2 is 1.90 bits per heavy atom. The zero-order valence-corrected chi connectivity index (χ0v) is 19.0. The Bertz CT molecular complexity index is 1100. The molecule has 0 amide bonds. The maximum atomic E-state index is 12.9. The number of rotatable bonds is 3. The quantitative estimate of drug-likeness (QED) is 0.675. The van der Waals surface area contributed by atoms with Gasteiger partial charge in [-0.2, -0.15) is 0 Å². The highest BCUT2D eigenvalue weighted by Crippen LogP contribution is 2.55. The second-order valence-electron chi connectivity index (χ2n) is 7.28. The van der Waals surface area contributed by atoms with Crippen LogP contribution in [0.2, 0.25) is 0 Å². The van der Waals surface area contributed by atoms with Gasteiger partial charge in [0.15, 0.2) is 5.60 Å². The minimum atomic E-state index is -1.21. The van der Waals surface area contributed by atoms with E-state index in [0.717, 1.165) is 34.4 Å². The number of nitrogens with two attached hydrogens (primary N) is 1. The maximum absolute atomic E-state index is 12.9. The van der Waals surface area contributed by atoms with Crippen molar-refractivity contribution < 1.29 is 14.3 Å². The molecule has 0 radical (unpaired) electrons. The molecule has 0 fully saturated rings. The predicted molar refractivity (Wildman–Crippen MR) is 121 cm³/mol. The van der Waals surface area contributed by atoms with E-state index in [2.05, 4.69) is 39.7 Å². The molecule has 0 saturated carbocycles. The number of anilines is 1. The molecular weight excluding hydrogens is 446 g/mol. The van der Waals surface area contributed by atoms with E-state index in [9.17, 15) is 4.79 Å². The summed E-state index contributed by atoms with van der Waals surface area (Å²) in [5.74, 6) is 0.548. The molecule has 1 spiro atoms. The third-order valence-corrected chi connectivity index (χ3v) is 6.31. The number of benzene rings is 2. The standard InChI is InChI=1S/C23H24BrN3O3/c1-5-27(6-2)18-12-19-16(11-17(18)24)23(20(13(3)25)21(26-4)29-19)15-10-8-7-9-14(15)22(28)30-23/h7-12H,5-6,25H2,1-4H3. The Morgan fingerprint density at radius 1 is 1.20 bits per heavy atom. The van der Waals surface area contributed by atoms with E-state index in [0.29, 0.717) is 28.5 Å². The second kappa shape index (κ2) is 7.47. The van der Waals surface area contributed by atoms with Gasteiger partial charge in [-0.25, -0.2) is 4.79 Å². The molecule has 30 heavy (non-hydrogen) atoms. The van der Waals surface area contributed by atoms with E-state index < -0.39 is 11.6 Å². The molecular formula is C23H24BrN3O3. The summed E-state index contributed by atoms with van der Waals surface area (Å²) in [5.41, 5.74) is 9.11. The monoisotopic (exact) mass is 469 g/mol. The number of hydrogen-bond donors (Lipinski definition) is 1. The molecule has 2 aromatic rings. The van der Waals surface area contributed by atoms with Crippen LogP contribution in [0.15, 0.2) is 57.1 Å². The lowest BCUT2D eigenvalue weighted by atomic mass is 9.76. The molecule has 6 nitrogen and oxygen atoms in total. The summed E-state index contributed by atoms with van der Waals surface area (Å²) < 4.78 is 13.2. The molecule has 0 saturated heterocycles. The van der Waals surface area contributed by atoms with E-state index in [4.69, 9.17) is 15.2 Å². The third kappa shape index (κ3) is 2.75. The van der Waals surface area contributed by atoms with Crippen molar-refractivity contribution in [1.82, 2.24) is 0 Å². The van der Waals surface area contributed by atoms with Crippen LogP contribution >= 0.6 is 15.9 Å². The SMILES string of the molecule is CCN(CC)c1cc2c(cc1Br)C1(OC(=O)c3ccccc31)C(=C(C)N)C(=NC)O2. The molecule has 4 rings (SSSR count). The summed E-state index contributed by atoms with van der Waals surface area (Å²) in [6.07, 6.45) is 0. The van der Waals surface area contributed by atoms with Crippen molar-refractivity contribution in [3.63, 3.8) is 0 Å². The first-order valence-electron chi connectivity index (χ1n) is 9.92. The molecule has 2 aliphatic heterocycles. The van der Waals surface area contributed by atoms with Crippen molar-refractivity contribution in [2.24, 2.45) is 10.7 Å². The van der Waals surface area contributed by atoms with Gasteiger partial charge in [0.05, 0.1) is 16.8 Å². The van der Waals surface area contributed by atoms with Crippen molar-refractivity contribution in [2.75, 3.05) is 25.0 Å². The van der Waals surface area contributed by atoms with Gasteiger partial charge < -0.3 is 20.1 Å². The van der Waals surface area contributed by atoms with Crippen LogP contribution in [0.3, 0.4) is 0 Å². The lowest BCUT2D eigenvalue weighted by Crippen LogP contribution is -2.42. The number of halogens is 1. The molecule has 2 aromatic carbocycles. The molecule has 1 unspecified atom stereocenters. The van der Waals surface area contributed by atoms with Gasteiger partial charge in [-0.3, -0.25) is 4.99 Å². The van der Waals surface area contributed by atoms with Crippen molar-refractivity contribution in [3.8, 4) is 5.75 Å². The fraction of sp³-hybridized carbons (Fsp3) is 0.304. The smallest absolute Gasteiger partial charge is 0.340 e. The van der Waals surface area contributed by atoms with Crippen molar-refractivity contribution in [2.45, 2.75) is 26.4 Å². The molecule has 1 atom stereocenters. The van der Waals surface area contributed by atoms with Crippen molar-refractivity contribution in [3.05, 3.63) is 68.8 Å². The normalized spacial score (nSPS) is 22.4. The maximum Gasteiger partial charge on any atom is 0.340 e. The first kappa shape index (κ1) is 20.5. The van der Waals surface area contributed by atoms with Gasteiger partial charge in [0, 0.05) is 47.5 Å². The second-order valence-corrected chi connectivity index (χ2v) is 8.13. The van der Waals surface area contributed by atoms with Gasteiger partial charge in [-0.15, -0.1) is 0 Å². The number of ether oxygens (including phenoxy) is 2. The van der Waals surface area contributed by atoms with E-state index in [1.165, 1.54) is 0 Å². The van der Waals surface area contributed by atoms with E-state index in [-0.39, 0.29) is 0 Å². The number of nitrogens with zero attached hydrogens (tertiary/aromatic N) is 2. The van der Waals surface area contributed by atoms with Gasteiger partial charge in [0.2, 0.25) is 5.90 Å². The first-order valence-corrected chi connectivity index (χ1v) is 10.7. The number of fused-ring (bicyclic) bond motifs is 4. The topological polar surface area (TPSA) is 77.2 Å². The van der Waals surface area contributed by atoms with E-state index in [1.807, 2.05) is 30.3 Å². The van der Waals surface area contributed by atoms with Crippen LogP contribution < -0.4 is 15.4 Å². The van der Waals surface area contributed by atoms with Crippen LogP contribution in [0, 0.1) is 0 Å². The van der Waals surface area contributed by atoms with E-state index in [1.54, 1.807) is 20.0 Å². The molecule has 0 aliphatic carbocycles. The van der Waals surface area contributed by atoms with Crippen LogP contribution in [0.4, 0.5) is 5.69 Å².